The van der Waals surface area contributed by atoms with Crippen LogP contribution in [0.1, 0.15) is 11.1 Å². The Balaban J connectivity index is 0.00000280. The first-order valence-corrected chi connectivity index (χ1v) is 10.8. The molecule has 0 bridgehead atoms. The second-order valence-corrected chi connectivity index (χ2v) is 8.85. The molecule has 8 heteroatoms. The van der Waals surface area contributed by atoms with E-state index in [1.165, 1.54) is 3.97 Å². The molecule has 0 spiro atoms. The smallest absolute Gasteiger partial charge is 0.242 e. The number of aromatic nitrogens is 2. The van der Waals surface area contributed by atoms with Gasteiger partial charge in [0, 0.05) is 29.6 Å². The van der Waals surface area contributed by atoms with Gasteiger partial charge < -0.3 is 5.32 Å². The van der Waals surface area contributed by atoms with Crippen LogP contribution in [0.2, 0.25) is 0 Å². The molecule has 1 N–H and O–H groups in total. The van der Waals surface area contributed by atoms with Crippen LogP contribution in [-0.2, 0) is 16.6 Å². The van der Waals surface area contributed by atoms with Gasteiger partial charge in [-0.15, -0.1) is 12.4 Å². The van der Waals surface area contributed by atoms with E-state index in [0.717, 1.165) is 21.2 Å². The van der Waals surface area contributed by atoms with Gasteiger partial charge in [-0.1, -0.05) is 42.5 Å². The second-order valence-electron chi connectivity index (χ2n) is 6.04. The predicted molar refractivity (Wildman–Crippen MR) is 120 cm³/mol. The van der Waals surface area contributed by atoms with Crippen molar-refractivity contribution in [2.75, 3.05) is 12.8 Å². The molecule has 0 radical (unpaired) electrons. The minimum Gasteiger partial charge on any atom is -0.316 e. The highest BCUT2D eigenvalue weighted by Gasteiger charge is 2.18. The van der Waals surface area contributed by atoms with Gasteiger partial charge in [0.1, 0.15) is 0 Å². The minimum atomic E-state index is -3.55. The van der Waals surface area contributed by atoms with E-state index in [9.17, 15) is 8.42 Å². The maximum Gasteiger partial charge on any atom is 0.242 e. The Morgan fingerprint density at radius 2 is 1.93 bits per heavy atom. The summed E-state index contributed by atoms with van der Waals surface area (Å²) in [6.07, 6.45) is 8.46. The molecule has 0 aliphatic heterocycles. The van der Waals surface area contributed by atoms with Crippen LogP contribution < -0.4 is 5.32 Å². The summed E-state index contributed by atoms with van der Waals surface area (Å²) in [6, 6.07) is 13.3. The van der Waals surface area contributed by atoms with Crippen molar-refractivity contribution in [3.8, 4) is 11.3 Å². The summed E-state index contributed by atoms with van der Waals surface area (Å²) < 4.78 is 28.2. The van der Waals surface area contributed by atoms with Crippen molar-refractivity contribution in [3.05, 3.63) is 82.7 Å². The molecule has 0 unspecified atom stereocenters. The van der Waals surface area contributed by atoms with Crippen LogP contribution in [0.4, 0.5) is 0 Å². The van der Waals surface area contributed by atoms with E-state index in [1.807, 2.05) is 49.5 Å². The van der Waals surface area contributed by atoms with Gasteiger partial charge in [0.05, 0.1) is 11.4 Å². The molecule has 5 nitrogen and oxygen atoms in total. The molecule has 148 valence electrons. The molecule has 28 heavy (non-hydrogen) atoms. The second kappa shape index (κ2) is 10.0. The van der Waals surface area contributed by atoms with Crippen LogP contribution in [0.15, 0.2) is 71.6 Å². The zero-order valence-corrected chi connectivity index (χ0v) is 18.5. The third kappa shape index (κ3) is 5.54. The first kappa shape index (κ1) is 22.4. The van der Waals surface area contributed by atoms with Gasteiger partial charge in [-0.25, -0.2) is 12.4 Å². The van der Waals surface area contributed by atoms with Gasteiger partial charge in [0.25, 0.3) is 0 Å². The summed E-state index contributed by atoms with van der Waals surface area (Å²) in [6.45, 7) is 0.599. The first-order chi connectivity index (χ1) is 13.0. The molecule has 0 amide bonds. The quantitative estimate of drug-likeness (QED) is 0.544. The fourth-order valence-corrected chi connectivity index (χ4v) is 4.39. The van der Waals surface area contributed by atoms with Crippen molar-refractivity contribution in [3.63, 3.8) is 0 Å². The molecule has 2 heterocycles. The van der Waals surface area contributed by atoms with Crippen LogP contribution in [-0.4, -0.2) is 30.2 Å². The molecule has 2 aromatic heterocycles. The lowest BCUT2D eigenvalue weighted by Gasteiger charge is -2.09. The molecular weight excluding hydrogens is 462 g/mol. The molecular formula is C20H21BrClN3O2S. The topological polar surface area (TPSA) is 64.0 Å². The molecule has 3 aromatic rings. The van der Waals surface area contributed by atoms with Crippen molar-refractivity contribution < 1.29 is 8.42 Å². The normalized spacial score (nSPS) is 11.5. The highest BCUT2D eigenvalue weighted by atomic mass is 79.9. The van der Waals surface area contributed by atoms with E-state index >= 15 is 0 Å². The summed E-state index contributed by atoms with van der Waals surface area (Å²) in [4.78, 5) is 4.08. The predicted octanol–water partition coefficient (Wildman–Crippen LogP) is 4.35. The highest BCUT2D eigenvalue weighted by Crippen LogP contribution is 2.24. The van der Waals surface area contributed by atoms with Gasteiger partial charge in [-0.05, 0) is 51.8 Å². The summed E-state index contributed by atoms with van der Waals surface area (Å²) >= 11 is 3.36. The van der Waals surface area contributed by atoms with Crippen molar-refractivity contribution in [2.24, 2.45) is 0 Å². The average molecular weight is 483 g/mol. The lowest BCUT2D eigenvalue weighted by atomic mass is 10.1. The van der Waals surface area contributed by atoms with E-state index in [0.29, 0.717) is 12.2 Å². The average Bonchev–Trinajstić information content (AvgIpc) is 3.08. The Bertz CT molecular complexity index is 1050. The molecule has 0 fully saturated rings. The molecule has 0 atom stereocenters. The van der Waals surface area contributed by atoms with E-state index in [2.05, 4.69) is 26.2 Å². The van der Waals surface area contributed by atoms with Gasteiger partial charge in [0.15, 0.2) is 0 Å². The number of nitrogens with zero attached hydrogens (tertiary/aromatic N) is 2. The summed E-state index contributed by atoms with van der Waals surface area (Å²) in [7, 11) is -1.71. The Kier molecular flexibility index (Phi) is 8.00. The monoisotopic (exact) mass is 481 g/mol. The fourth-order valence-electron chi connectivity index (χ4n) is 2.75. The highest BCUT2D eigenvalue weighted by molar-refractivity contribution is 9.10. The van der Waals surface area contributed by atoms with E-state index in [1.54, 1.807) is 30.7 Å². The lowest BCUT2D eigenvalue weighted by molar-refractivity contribution is 0.591. The number of hydrogen-bond donors (Lipinski definition) is 1. The van der Waals surface area contributed by atoms with Crippen LogP contribution in [0.25, 0.3) is 17.3 Å². The zero-order valence-electron chi connectivity index (χ0n) is 15.2. The van der Waals surface area contributed by atoms with Crippen molar-refractivity contribution >= 4 is 44.4 Å². The standard InChI is InChI=1S/C20H20BrN3O2S.ClH/c1-22-12-17-11-20(18-7-3-2-4-8-18)24(15-17)27(25,26)9-5-6-16-10-19(21)14-23-13-16;/h2-8,10-11,13-15,22H,9,12H2,1H3;1H. The number of pyridine rings is 1. The summed E-state index contributed by atoms with van der Waals surface area (Å²) in [5.74, 6) is -0.104. The van der Waals surface area contributed by atoms with E-state index < -0.39 is 10.0 Å². The molecule has 0 aliphatic carbocycles. The van der Waals surface area contributed by atoms with E-state index in [-0.39, 0.29) is 18.2 Å². The Morgan fingerprint density at radius 3 is 2.61 bits per heavy atom. The molecule has 0 saturated heterocycles. The number of nitrogens with one attached hydrogen (secondary N) is 1. The van der Waals surface area contributed by atoms with Crippen molar-refractivity contribution in [1.29, 1.82) is 0 Å². The number of benzene rings is 1. The number of halogens is 2. The van der Waals surface area contributed by atoms with Crippen LogP contribution in [0.3, 0.4) is 0 Å². The molecule has 1 aromatic carbocycles. The van der Waals surface area contributed by atoms with Gasteiger partial charge >= 0.3 is 0 Å². The Morgan fingerprint density at radius 1 is 1.18 bits per heavy atom. The molecule has 3 rings (SSSR count). The maximum atomic E-state index is 13.0. The number of rotatable bonds is 7. The maximum absolute atomic E-state index is 13.0. The third-order valence-corrected chi connectivity index (χ3v) is 5.88. The van der Waals surface area contributed by atoms with Crippen LogP contribution >= 0.6 is 28.3 Å². The summed E-state index contributed by atoms with van der Waals surface area (Å²) in [5, 5.41) is 3.06. The lowest BCUT2D eigenvalue weighted by Crippen LogP contribution is -2.15. The van der Waals surface area contributed by atoms with E-state index in [4.69, 9.17) is 0 Å². The SMILES string of the molecule is CNCc1cc(-c2ccccc2)n(S(=O)(=O)CC=Cc2cncc(Br)c2)c1.Cl. The minimum absolute atomic E-state index is 0. The van der Waals surface area contributed by atoms with Gasteiger partial charge in [-0.3, -0.25) is 4.98 Å². The Labute approximate surface area is 180 Å². The van der Waals surface area contributed by atoms with Crippen LogP contribution in [0.5, 0.6) is 0 Å². The first-order valence-electron chi connectivity index (χ1n) is 8.41. The number of hydrogen-bond acceptors (Lipinski definition) is 4. The third-order valence-electron chi connectivity index (χ3n) is 3.94. The Hall–Kier alpha value is -1.93. The van der Waals surface area contributed by atoms with Crippen molar-refractivity contribution in [2.45, 2.75) is 6.54 Å². The van der Waals surface area contributed by atoms with Crippen LogP contribution in [0, 0.1) is 0 Å². The van der Waals surface area contributed by atoms with Crippen molar-refractivity contribution in [1.82, 2.24) is 14.3 Å². The largest absolute Gasteiger partial charge is 0.316 e. The molecule has 0 aliphatic rings. The zero-order chi connectivity index (χ0) is 19.3. The van der Waals surface area contributed by atoms with Gasteiger partial charge in [-0.2, -0.15) is 0 Å². The van der Waals surface area contributed by atoms with Gasteiger partial charge in [0.2, 0.25) is 10.0 Å². The summed E-state index contributed by atoms with van der Waals surface area (Å²) in [5.41, 5.74) is 3.29. The fraction of sp³-hybridized carbons (Fsp3) is 0.150. The molecule has 0 saturated carbocycles.